The Labute approximate surface area is 195 Å². The molecule has 0 radical (unpaired) electrons. The van der Waals surface area contributed by atoms with Crippen molar-refractivity contribution < 1.29 is 14.7 Å². The van der Waals surface area contributed by atoms with Gasteiger partial charge in [-0.05, 0) is 61.1 Å². The highest BCUT2D eigenvalue weighted by Gasteiger charge is 2.37. The Kier molecular flexibility index (Phi) is 6.11. The number of amides is 2. The number of hydrogen-bond acceptors (Lipinski definition) is 3. The summed E-state index contributed by atoms with van der Waals surface area (Å²) in [7, 11) is 0. The normalized spacial score (nSPS) is 22.6. The van der Waals surface area contributed by atoms with Gasteiger partial charge in [0.2, 0.25) is 0 Å². The summed E-state index contributed by atoms with van der Waals surface area (Å²) >= 11 is 0. The zero-order valence-corrected chi connectivity index (χ0v) is 19.3. The topological polar surface area (TPSA) is 64.1 Å². The largest absolute Gasteiger partial charge is 0.481 e. The van der Waals surface area contributed by atoms with Crippen molar-refractivity contribution in [1.29, 1.82) is 0 Å². The Balaban J connectivity index is 1.26. The quantitative estimate of drug-likeness (QED) is 0.670. The van der Waals surface area contributed by atoms with E-state index in [1.54, 1.807) is 0 Å². The lowest BCUT2D eigenvalue weighted by atomic mass is 9.84. The Morgan fingerprint density at radius 3 is 2.39 bits per heavy atom. The van der Waals surface area contributed by atoms with Gasteiger partial charge in [0.1, 0.15) is 0 Å². The molecule has 1 atom stereocenters. The molecule has 2 aliphatic heterocycles. The van der Waals surface area contributed by atoms with Gasteiger partial charge < -0.3 is 5.11 Å². The van der Waals surface area contributed by atoms with Crippen LogP contribution in [0.4, 0.5) is 16.2 Å². The molecule has 2 heterocycles. The highest BCUT2D eigenvalue weighted by atomic mass is 16.4. The van der Waals surface area contributed by atoms with Gasteiger partial charge in [-0.2, -0.15) is 0 Å². The summed E-state index contributed by atoms with van der Waals surface area (Å²) in [5, 5.41) is 9.04. The van der Waals surface area contributed by atoms with Gasteiger partial charge in [0.05, 0.1) is 12.0 Å². The molecule has 2 aromatic carbocycles. The summed E-state index contributed by atoms with van der Waals surface area (Å²) in [6, 6.07) is 16.9. The van der Waals surface area contributed by atoms with Gasteiger partial charge in [-0.15, -0.1) is 0 Å². The summed E-state index contributed by atoms with van der Waals surface area (Å²) in [6.45, 7) is 4.73. The first kappa shape index (κ1) is 22.0. The van der Waals surface area contributed by atoms with Crippen molar-refractivity contribution >= 4 is 23.4 Å². The number of aliphatic carboxylic acids is 1. The highest BCUT2D eigenvalue weighted by molar-refractivity contribution is 6.06. The van der Waals surface area contributed by atoms with Gasteiger partial charge in [0.15, 0.2) is 0 Å². The van der Waals surface area contributed by atoms with Gasteiger partial charge in [0.25, 0.3) is 0 Å². The van der Waals surface area contributed by atoms with Crippen LogP contribution >= 0.6 is 0 Å². The van der Waals surface area contributed by atoms with Gasteiger partial charge in [0, 0.05) is 37.6 Å². The fourth-order valence-electron chi connectivity index (χ4n) is 5.58. The molecule has 6 nitrogen and oxygen atoms in total. The predicted octanol–water partition coefficient (Wildman–Crippen LogP) is 5.09. The molecule has 33 heavy (non-hydrogen) atoms. The number of urea groups is 1. The van der Waals surface area contributed by atoms with E-state index in [0.29, 0.717) is 25.6 Å². The molecule has 3 aliphatic rings. The first-order chi connectivity index (χ1) is 16.0. The molecular weight excluding hydrogens is 414 g/mol. The van der Waals surface area contributed by atoms with Crippen LogP contribution in [0, 0.1) is 5.92 Å². The minimum absolute atomic E-state index is 0.0306. The summed E-state index contributed by atoms with van der Waals surface area (Å²) in [6.07, 6.45) is 6.44. The Hall–Kier alpha value is -2.86. The maximum atomic E-state index is 13.4. The van der Waals surface area contributed by atoms with E-state index < -0.39 is 5.97 Å². The molecule has 5 rings (SSSR count). The van der Waals surface area contributed by atoms with E-state index in [2.05, 4.69) is 36.1 Å². The number of likely N-dealkylation sites (tertiary alicyclic amines) is 1. The summed E-state index contributed by atoms with van der Waals surface area (Å²) in [5.41, 5.74) is 4.42. The summed E-state index contributed by atoms with van der Waals surface area (Å²) in [4.78, 5) is 30.3. The van der Waals surface area contributed by atoms with Crippen molar-refractivity contribution in [2.24, 2.45) is 5.92 Å². The number of rotatable bonds is 6. The van der Waals surface area contributed by atoms with Gasteiger partial charge in [-0.3, -0.25) is 19.5 Å². The molecule has 1 N–H and O–H groups in total. The van der Waals surface area contributed by atoms with E-state index in [-0.39, 0.29) is 18.0 Å². The van der Waals surface area contributed by atoms with Crippen molar-refractivity contribution in [3.05, 3.63) is 59.7 Å². The first-order valence-electron chi connectivity index (χ1n) is 12.2. The molecule has 1 saturated carbocycles. The molecule has 1 aliphatic carbocycles. The number of carboxylic acids is 1. The average Bonchev–Trinajstić information content (AvgIpc) is 3.10. The first-order valence-corrected chi connectivity index (χ1v) is 12.2. The third kappa shape index (κ3) is 4.49. The van der Waals surface area contributed by atoms with Crippen molar-refractivity contribution in [3.8, 4) is 0 Å². The minimum atomic E-state index is -0.711. The fourth-order valence-corrected chi connectivity index (χ4v) is 5.58. The van der Waals surface area contributed by atoms with E-state index in [1.807, 2.05) is 34.1 Å². The number of nitrogens with zero attached hydrogens (tertiary/aromatic N) is 3. The number of benzene rings is 2. The zero-order valence-electron chi connectivity index (χ0n) is 19.3. The smallest absolute Gasteiger partial charge is 0.329 e. The molecule has 1 unspecified atom stereocenters. The lowest BCUT2D eigenvalue weighted by molar-refractivity contribution is -0.147. The van der Waals surface area contributed by atoms with Crippen LogP contribution in [0.3, 0.4) is 0 Å². The third-order valence-corrected chi connectivity index (χ3v) is 7.51. The van der Waals surface area contributed by atoms with Crippen LogP contribution in [-0.2, 0) is 11.3 Å². The lowest BCUT2D eigenvalue weighted by Crippen LogP contribution is -2.49. The molecule has 0 bridgehead atoms. The molecule has 6 heteroatoms. The molecule has 2 saturated heterocycles. The van der Waals surface area contributed by atoms with Crippen molar-refractivity contribution in [2.45, 2.75) is 57.5 Å². The second-order valence-electron chi connectivity index (χ2n) is 9.94. The second-order valence-corrected chi connectivity index (χ2v) is 9.94. The predicted molar refractivity (Wildman–Crippen MR) is 130 cm³/mol. The monoisotopic (exact) mass is 447 g/mol. The van der Waals surface area contributed by atoms with Crippen LogP contribution in [-0.4, -0.2) is 47.7 Å². The van der Waals surface area contributed by atoms with Crippen molar-refractivity contribution in [1.82, 2.24) is 4.90 Å². The number of carbonyl (C=O) groups excluding carboxylic acids is 1. The van der Waals surface area contributed by atoms with E-state index >= 15 is 0 Å². The Bertz CT molecular complexity index is 1010. The van der Waals surface area contributed by atoms with E-state index in [4.69, 9.17) is 5.11 Å². The van der Waals surface area contributed by atoms with Gasteiger partial charge in [-0.25, -0.2) is 4.79 Å². The second kappa shape index (κ2) is 9.18. The molecule has 2 aromatic rings. The maximum absolute atomic E-state index is 13.4. The van der Waals surface area contributed by atoms with Crippen LogP contribution in [0.1, 0.15) is 56.1 Å². The van der Waals surface area contributed by atoms with Crippen LogP contribution in [0.15, 0.2) is 48.5 Å². The molecular formula is C27H33N3O3. The van der Waals surface area contributed by atoms with Gasteiger partial charge in [-0.1, -0.05) is 43.5 Å². The number of anilines is 2. The molecule has 2 amide bonds. The molecule has 0 spiro atoms. The van der Waals surface area contributed by atoms with Crippen LogP contribution in [0.2, 0.25) is 0 Å². The SMILES string of the molecule is CC1CN(c2ccc(CN3CC(C(=O)O)C3)cc2)C(=O)N1c1cccc(C2CCCCC2)c1. The average molecular weight is 448 g/mol. The standard InChI is InChI=1S/C27H33N3O3/c1-19-15-29(24-12-10-20(11-13-24)16-28-17-23(18-28)26(31)32)27(33)30(19)25-9-5-8-22(14-25)21-6-3-2-4-7-21/h5,8-14,19,21,23H,2-4,6-7,15-18H2,1H3,(H,31,32). The van der Waals surface area contributed by atoms with Crippen LogP contribution < -0.4 is 9.80 Å². The van der Waals surface area contributed by atoms with E-state index in [1.165, 1.54) is 37.7 Å². The van der Waals surface area contributed by atoms with Crippen molar-refractivity contribution in [3.63, 3.8) is 0 Å². The number of carboxylic acid groups (broad SMARTS) is 1. The summed E-state index contributed by atoms with van der Waals surface area (Å²) in [5.74, 6) is -0.333. The molecule has 0 aromatic heterocycles. The minimum Gasteiger partial charge on any atom is -0.481 e. The third-order valence-electron chi connectivity index (χ3n) is 7.51. The zero-order chi connectivity index (χ0) is 22.9. The maximum Gasteiger partial charge on any atom is 0.329 e. The van der Waals surface area contributed by atoms with Crippen LogP contribution in [0.5, 0.6) is 0 Å². The number of hydrogen-bond donors (Lipinski definition) is 1. The van der Waals surface area contributed by atoms with Gasteiger partial charge >= 0.3 is 12.0 Å². The lowest BCUT2D eigenvalue weighted by Gasteiger charge is -2.36. The number of carbonyl (C=O) groups is 2. The van der Waals surface area contributed by atoms with E-state index in [9.17, 15) is 9.59 Å². The highest BCUT2D eigenvalue weighted by Crippen LogP contribution is 2.36. The molecule has 174 valence electrons. The van der Waals surface area contributed by atoms with Crippen molar-refractivity contribution in [2.75, 3.05) is 29.4 Å². The molecule has 3 fully saturated rings. The van der Waals surface area contributed by atoms with E-state index in [0.717, 1.165) is 23.5 Å². The van der Waals surface area contributed by atoms with Crippen LogP contribution in [0.25, 0.3) is 0 Å². The Morgan fingerprint density at radius 2 is 1.70 bits per heavy atom. The fraction of sp³-hybridized carbons (Fsp3) is 0.481. The summed E-state index contributed by atoms with van der Waals surface area (Å²) < 4.78 is 0. The Morgan fingerprint density at radius 1 is 0.970 bits per heavy atom.